The minimum absolute atomic E-state index is 0.0388. The Morgan fingerprint density at radius 3 is 2.83 bits per heavy atom. The molecule has 2 aromatic rings. The van der Waals surface area contributed by atoms with Crippen LogP contribution in [0.15, 0.2) is 36.4 Å². The van der Waals surface area contributed by atoms with Gasteiger partial charge in [-0.3, -0.25) is 9.69 Å². The highest BCUT2D eigenvalue weighted by molar-refractivity contribution is 7.11. The molecular weight excluding hydrogens is 384 g/mol. The van der Waals surface area contributed by atoms with Gasteiger partial charge in [-0.2, -0.15) is 0 Å². The van der Waals surface area contributed by atoms with Crippen LogP contribution in [-0.4, -0.2) is 55.4 Å². The molecular formula is C23H30N2O3S. The first kappa shape index (κ1) is 20.5. The van der Waals surface area contributed by atoms with Crippen LogP contribution in [0.3, 0.4) is 0 Å². The average molecular weight is 415 g/mol. The maximum Gasteiger partial charge on any atom is 0.251 e. The van der Waals surface area contributed by atoms with E-state index in [1.807, 2.05) is 42.5 Å². The fourth-order valence-corrected chi connectivity index (χ4v) is 5.12. The molecule has 0 unspecified atom stereocenters. The van der Waals surface area contributed by atoms with Crippen molar-refractivity contribution < 1.29 is 14.3 Å². The lowest BCUT2D eigenvalue weighted by atomic mass is 10.00. The van der Waals surface area contributed by atoms with E-state index >= 15 is 0 Å². The molecule has 2 fully saturated rings. The highest BCUT2D eigenvalue weighted by atomic mass is 32.1. The quantitative estimate of drug-likeness (QED) is 0.813. The maximum absolute atomic E-state index is 12.4. The Kier molecular flexibility index (Phi) is 6.35. The van der Waals surface area contributed by atoms with E-state index in [9.17, 15) is 4.79 Å². The predicted molar refractivity (Wildman–Crippen MR) is 116 cm³/mol. The Labute approximate surface area is 177 Å². The number of nitrogens with zero attached hydrogens (tertiary/aromatic N) is 1. The normalized spacial score (nSPS) is 25.2. The smallest absolute Gasteiger partial charge is 0.251 e. The number of hydrogen-bond donors (Lipinski definition) is 1. The van der Waals surface area contributed by atoms with Crippen LogP contribution >= 0.6 is 11.3 Å². The molecule has 6 heteroatoms. The van der Waals surface area contributed by atoms with E-state index in [0.29, 0.717) is 18.7 Å². The number of hydrogen-bond acceptors (Lipinski definition) is 5. The summed E-state index contributed by atoms with van der Waals surface area (Å²) < 4.78 is 12.4. The molecule has 156 valence electrons. The van der Waals surface area contributed by atoms with Gasteiger partial charge in [-0.1, -0.05) is 17.7 Å². The zero-order valence-electron chi connectivity index (χ0n) is 17.3. The van der Waals surface area contributed by atoms with Crippen molar-refractivity contribution >= 4 is 17.2 Å². The molecule has 1 N–H and O–H groups in total. The van der Waals surface area contributed by atoms with Crippen LogP contribution in [-0.2, 0) is 16.0 Å². The van der Waals surface area contributed by atoms with Crippen LogP contribution in [0.4, 0.5) is 0 Å². The zero-order chi connectivity index (χ0) is 20.3. The Morgan fingerprint density at radius 1 is 1.24 bits per heavy atom. The highest BCUT2D eigenvalue weighted by Crippen LogP contribution is 2.33. The molecule has 2 saturated heterocycles. The van der Waals surface area contributed by atoms with Crippen molar-refractivity contribution in [3.8, 4) is 0 Å². The van der Waals surface area contributed by atoms with Crippen LogP contribution in [0.5, 0.6) is 0 Å². The van der Waals surface area contributed by atoms with Crippen LogP contribution in [0, 0.1) is 13.8 Å². The summed E-state index contributed by atoms with van der Waals surface area (Å²) in [6, 6.07) is 12.1. The van der Waals surface area contributed by atoms with Gasteiger partial charge in [0.05, 0.1) is 19.3 Å². The van der Waals surface area contributed by atoms with Gasteiger partial charge in [0.2, 0.25) is 0 Å². The first-order valence-electron chi connectivity index (χ1n) is 10.4. The second-order valence-electron chi connectivity index (χ2n) is 8.31. The standard InChI is InChI=1S/C23H30N2O3S/c1-17-3-6-19(7-4-17)22(26)24-13-20-9-10-23(28-20)15-25(11-12-27-16-23)14-21-8-5-18(2)29-21/h3-8,20H,9-16H2,1-2H3,(H,24,26)/t20-,23+/m0/s1. The number of carbonyl (C=O) groups is 1. The number of thiophene rings is 1. The molecule has 0 aliphatic carbocycles. The summed E-state index contributed by atoms with van der Waals surface area (Å²) in [4.78, 5) is 17.6. The second kappa shape index (κ2) is 8.96. The van der Waals surface area contributed by atoms with E-state index in [0.717, 1.165) is 44.6 Å². The van der Waals surface area contributed by atoms with Crippen molar-refractivity contribution in [3.05, 3.63) is 57.3 Å². The summed E-state index contributed by atoms with van der Waals surface area (Å²) in [5.41, 5.74) is 1.58. The molecule has 5 nitrogen and oxygen atoms in total. The van der Waals surface area contributed by atoms with E-state index < -0.39 is 0 Å². The molecule has 1 aromatic heterocycles. The number of benzene rings is 1. The van der Waals surface area contributed by atoms with Gasteiger partial charge in [-0.25, -0.2) is 0 Å². The minimum atomic E-state index is -0.262. The van der Waals surface area contributed by atoms with Gasteiger partial charge in [0.15, 0.2) is 0 Å². The Bertz CT molecular complexity index is 835. The summed E-state index contributed by atoms with van der Waals surface area (Å²) in [6.45, 7) is 8.84. The lowest BCUT2D eigenvalue weighted by Gasteiger charge is -2.31. The summed E-state index contributed by atoms with van der Waals surface area (Å²) in [5, 5.41) is 3.04. The van der Waals surface area contributed by atoms with Gasteiger partial charge in [0.1, 0.15) is 5.60 Å². The van der Waals surface area contributed by atoms with Crippen molar-refractivity contribution in [3.63, 3.8) is 0 Å². The zero-order valence-corrected chi connectivity index (χ0v) is 18.1. The number of nitrogens with one attached hydrogen (secondary N) is 1. The minimum Gasteiger partial charge on any atom is -0.377 e. The molecule has 3 heterocycles. The first-order valence-corrected chi connectivity index (χ1v) is 11.2. The fourth-order valence-electron chi connectivity index (χ4n) is 4.18. The monoisotopic (exact) mass is 414 g/mol. The first-order chi connectivity index (χ1) is 14.0. The maximum atomic E-state index is 12.4. The third-order valence-corrected chi connectivity index (χ3v) is 6.73. The lowest BCUT2D eigenvalue weighted by molar-refractivity contribution is -0.0848. The van der Waals surface area contributed by atoms with Gasteiger partial charge >= 0.3 is 0 Å². The van der Waals surface area contributed by atoms with Crippen molar-refractivity contribution in [2.24, 2.45) is 0 Å². The summed E-state index contributed by atoms with van der Waals surface area (Å²) in [7, 11) is 0. The SMILES string of the molecule is Cc1ccc(C(=O)NC[C@@H]2CC[C@@]3(COCCN(Cc4ccc(C)s4)C3)O2)cc1. The largest absolute Gasteiger partial charge is 0.377 e. The molecule has 4 rings (SSSR count). The molecule has 1 amide bonds. The van der Waals surface area contributed by atoms with E-state index in [4.69, 9.17) is 9.47 Å². The number of ether oxygens (including phenoxy) is 2. The van der Waals surface area contributed by atoms with Crippen LogP contribution in [0.1, 0.15) is 38.5 Å². The molecule has 0 saturated carbocycles. The van der Waals surface area contributed by atoms with E-state index in [1.54, 1.807) is 0 Å². The molecule has 0 bridgehead atoms. The van der Waals surface area contributed by atoms with Crippen molar-refractivity contribution in [2.75, 3.05) is 32.8 Å². The van der Waals surface area contributed by atoms with Gasteiger partial charge in [0, 0.05) is 41.5 Å². The highest BCUT2D eigenvalue weighted by Gasteiger charge is 2.43. The second-order valence-corrected chi connectivity index (χ2v) is 9.69. The third-order valence-electron chi connectivity index (χ3n) is 5.75. The fraction of sp³-hybridized carbons (Fsp3) is 0.522. The molecule has 2 aliphatic rings. The summed E-state index contributed by atoms with van der Waals surface area (Å²) in [6.07, 6.45) is 1.96. The molecule has 0 radical (unpaired) electrons. The van der Waals surface area contributed by atoms with E-state index in [2.05, 4.69) is 29.3 Å². The van der Waals surface area contributed by atoms with Crippen molar-refractivity contribution in [2.45, 2.75) is 44.9 Å². The average Bonchev–Trinajstić information content (AvgIpc) is 3.23. The molecule has 1 spiro atoms. The molecule has 2 aliphatic heterocycles. The van der Waals surface area contributed by atoms with Gasteiger partial charge in [-0.05, 0) is 51.0 Å². The van der Waals surface area contributed by atoms with Crippen molar-refractivity contribution in [1.29, 1.82) is 0 Å². The van der Waals surface area contributed by atoms with Crippen molar-refractivity contribution in [1.82, 2.24) is 10.2 Å². The topological polar surface area (TPSA) is 50.8 Å². The van der Waals surface area contributed by atoms with Gasteiger partial charge in [-0.15, -0.1) is 11.3 Å². The lowest BCUT2D eigenvalue weighted by Crippen LogP contribution is -2.45. The summed E-state index contributed by atoms with van der Waals surface area (Å²) in [5.74, 6) is -0.0404. The molecule has 1 aromatic carbocycles. The number of aryl methyl sites for hydroxylation is 2. The Balaban J connectivity index is 1.32. The third kappa shape index (κ3) is 5.25. The van der Waals surface area contributed by atoms with E-state index in [-0.39, 0.29) is 17.6 Å². The number of carbonyl (C=O) groups excluding carboxylic acids is 1. The number of rotatable bonds is 5. The summed E-state index contributed by atoms with van der Waals surface area (Å²) >= 11 is 1.86. The van der Waals surface area contributed by atoms with Crippen LogP contribution in [0.25, 0.3) is 0 Å². The Hall–Kier alpha value is -1.73. The van der Waals surface area contributed by atoms with E-state index in [1.165, 1.54) is 9.75 Å². The molecule has 29 heavy (non-hydrogen) atoms. The predicted octanol–water partition coefficient (Wildman–Crippen LogP) is 3.54. The van der Waals surface area contributed by atoms with Crippen LogP contribution in [0.2, 0.25) is 0 Å². The molecule has 2 atom stereocenters. The number of amides is 1. The van der Waals surface area contributed by atoms with Gasteiger partial charge in [0.25, 0.3) is 5.91 Å². The van der Waals surface area contributed by atoms with Gasteiger partial charge < -0.3 is 14.8 Å². The van der Waals surface area contributed by atoms with Crippen LogP contribution < -0.4 is 5.32 Å². The Morgan fingerprint density at radius 2 is 2.07 bits per heavy atom.